The fourth-order valence-electron chi connectivity index (χ4n) is 6.93. The van der Waals surface area contributed by atoms with Crippen molar-refractivity contribution in [3.05, 3.63) is 23.8 Å². The average molecular weight is 395 g/mol. The van der Waals surface area contributed by atoms with E-state index in [4.69, 9.17) is 11.6 Å². The molecule has 3 N–H and O–H groups in total. The molecule has 4 aliphatic rings. The number of carbonyl (C=O) groups is 2. The van der Waals surface area contributed by atoms with Gasteiger partial charge in [-0.2, -0.15) is 0 Å². The second-order valence-electron chi connectivity index (χ2n) is 9.31. The first-order valence-electron chi connectivity index (χ1n) is 9.76. The summed E-state index contributed by atoms with van der Waals surface area (Å²) >= 11 is 5.63. The van der Waals surface area contributed by atoms with Crippen molar-refractivity contribution in [2.45, 2.75) is 63.2 Å². The summed E-state index contributed by atoms with van der Waals surface area (Å²) in [7, 11) is 0. The van der Waals surface area contributed by atoms with Crippen LogP contribution in [0, 0.1) is 28.6 Å². The fraction of sp³-hybridized carbons (Fsp3) is 0.714. The molecule has 0 aromatic rings. The molecule has 0 heterocycles. The summed E-state index contributed by atoms with van der Waals surface area (Å²) in [4.78, 5) is 24.4. The van der Waals surface area contributed by atoms with E-state index >= 15 is 0 Å². The Morgan fingerprint density at radius 3 is 2.70 bits per heavy atom. The van der Waals surface area contributed by atoms with Crippen molar-refractivity contribution in [1.29, 1.82) is 0 Å². The lowest BCUT2D eigenvalue weighted by atomic mass is 9.46. The minimum absolute atomic E-state index is 0.00648. The van der Waals surface area contributed by atoms with Gasteiger partial charge in [-0.1, -0.05) is 37.1 Å². The van der Waals surface area contributed by atoms with Crippen LogP contribution in [0.5, 0.6) is 0 Å². The maximum absolute atomic E-state index is 12.5. The van der Waals surface area contributed by atoms with Crippen LogP contribution in [0.15, 0.2) is 23.8 Å². The summed E-state index contributed by atoms with van der Waals surface area (Å²) < 4.78 is 0. The van der Waals surface area contributed by atoms with Gasteiger partial charge in [0.15, 0.2) is 11.3 Å². The molecule has 6 heteroatoms. The van der Waals surface area contributed by atoms with Gasteiger partial charge in [-0.25, -0.2) is 0 Å². The first-order valence-corrected chi connectivity index (χ1v) is 10.2. The predicted octanol–water partition coefficient (Wildman–Crippen LogP) is 2.12. The summed E-state index contributed by atoms with van der Waals surface area (Å²) in [5.74, 6) is -0.635. The highest BCUT2D eigenvalue weighted by molar-refractivity contribution is 6.31. The van der Waals surface area contributed by atoms with Crippen LogP contribution in [0.2, 0.25) is 0 Å². The molecule has 8 atom stereocenters. The largest absolute Gasteiger partial charge is 0.393 e. The molecule has 27 heavy (non-hydrogen) atoms. The molecule has 148 valence electrons. The van der Waals surface area contributed by atoms with E-state index in [9.17, 15) is 24.9 Å². The third-order valence-electron chi connectivity index (χ3n) is 8.27. The molecule has 0 bridgehead atoms. The standard InChI is InChI=1S/C21H27ClO5/c1-19-7-5-12(23)9-11(19)3-4-13-14-6-8-21(27,17(25)18(22)26)20(14,2)10-15(24)16(13)19/h5,7,9,13-16,18,24,26-27H,3-4,6,8,10H2,1-2H3/t13-,14-,15?,16+,18?,19-,20-,21-/m0/s1. The topological polar surface area (TPSA) is 94.8 Å². The number of alkyl halides is 1. The first kappa shape index (κ1) is 19.3. The van der Waals surface area contributed by atoms with Crippen LogP contribution in [0.25, 0.3) is 0 Å². The van der Waals surface area contributed by atoms with Gasteiger partial charge < -0.3 is 15.3 Å². The van der Waals surface area contributed by atoms with Gasteiger partial charge >= 0.3 is 0 Å². The molecule has 3 fully saturated rings. The Bertz CT molecular complexity index is 758. The minimum Gasteiger partial charge on any atom is -0.393 e. The van der Waals surface area contributed by atoms with E-state index in [0.29, 0.717) is 6.42 Å². The number of fused-ring (bicyclic) bond motifs is 5. The number of carbonyl (C=O) groups excluding carboxylic acids is 2. The molecule has 0 aliphatic heterocycles. The highest BCUT2D eigenvalue weighted by Crippen LogP contribution is 2.67. The highest BCUT2D eigenvalue weighted by Gasteiger charge is 2.68. The molecule has 0 amide bonds. The zero-order valence-corrected chi connectivity index (χ0v) is 16.4. The van der Waals surface area contributed by atoms with E-state index in [1.165, 1.54) is 0 Å². The number of halogens is 1. The molecular weight excluding hydrogens is 368 g/mol. The number of aliphatic hydroxyl groups is 3. The number of ketones is 2. The lowest BCUT2D eigenvalue weighted by molar-refractivity contribution is -0.179. The number of hydrogen-bond donors (Lipinski definition) is 3. The number of Topliss-reactive ketones (excluding diaryl/α,β-unsaturated/α-hetero) is 1. The molecule has 5 nitrogen and oxygen atoms in total. The molecule has 4 rings (SSSR count). The normalized spacial score (nSPS) is 49.7. The van der Waals surface area contributed by atoms with Crippen LogP contribution in [-0.2, 0) is 9.59 Å². The Labute approximate surface area is 164 Å². The van der Waals surface area contributed by atoms with Crippen LogP contribution >= 0.6 is 11.6 Å². The van der Waals surface area contributed by atoms with E-state index in [-0.39, 0.29) is 41.8 Å². The summed E-state index contributed by atoms with van der Waals surface area (Å²) in [6, 6.07) is 0. The summed E-state index contributed by atoms with van der Waals surface area (Å²) in [5.41, 5.74) is -3.61. The average Bonchev–Trinajstić information content (AvgIpc) is 2.86. The zero-order chi connectivity index (χ0) is 19.8. The number of hydrogen-bond acceptors (Lipinski definition) is 5. The van der Waals surface area contributed by atoms with Gasteiger partial charge in [-0.15, -0.1) is 0 Å². The number of aliphatic hydroxyl groups excluding tert-OH is 2. The molecule has 0 radical (unpaired) electrons. The van der Waals surface area contributed by atoms with Gasteiger partial charge in [0.05, 0.1) is 6.10 Å². The predicted molar refractivity (Wildman–Crippen MR) is 99.8 cm³/mol. The van der Waals surface area contributed by atoms with Crippen LogP contribution in [0.3, 0.4) is 0 Å². The minimum atomic E-state index is -1.74. The van der Waals surface area contributed by atoms with Crippen LogP contribution in [0.1, 0.15) is 46.0 Å². The van der Waals surface area contributed by atoms with Gasteiger partial charge in [0.25, 0.3) is 0 Å². The third kappa shape index (κ3) is 2.41. The Kier molecular flexibility index (Phi) is 4.29. The van der Waals surface area contributed by atoms with Gasteiger partial charge in [-0.05, 0) is 56.1 Å². The van der Waals surface area contributed by atoms with E-state index in [0.717, 1.165) is 18.4 Å². The molecule has 0 aromatic carbocycles. The Balaban J connectivity index is 1.74. The van der Waals surface area contributed by atoms with Crippen LogP contribution in [0.4, 0.5) is 0 Å². The van der Waals surface area contributed by atoms with Crippen molar-refractivity contribution < 1.29 is 24.9 Å². The van der Waals surface area contributed by atoms with Crippen molar-refractivity contribution >= 4 is 23.2 Å². The first-order chi connectivity index (χ1) is 12.5. The Hall–Kier alpha value is -1.01. The molecule has 0 saturated heterocycles. The summed E-state index contributed by atoms with van der Waals surface area (Å²) in [6.07, 6.45) is 7.29. The lowest BCUT2D eigenvalue weighted by Crippen LogP contribution is -2.62. The Morgan fingerprint density at radius 2 is 2.04 bits per heavy atom. The van der Waals surface area contributed by atoms with Crippen LogP contribution < -0.4 is 0 Å². The van der Waals surface area contributed by atoms with Crippen molar-refractivity contribution in [1.82, 2.24) is 0 Å². The summed E-state index contributed by atoms with van der Waals surface area (Å²) in [5, 5.41) is 32.0. The van der Waals surface area contributed by atoms with Gasteiger partial charge in [0.2, 0.25) is 5.78 Å². The van der Waals surface area contributed by atoms with Gasteiger partial charge in [0, 0.05) is 16.7 Å². The van der Waals surface area contributed by atoms with E-state index in [1.54, 1.807) is 12.2 Å². The molecule has 0 aromatic heterocycles. The van der Waals surface area contributed by atoms with Gasteiger partial charge in [-0.3, -0.25) is 9.59 Å². The van der Waals surface area contributed by atoms with E-state index < -0.39 is 28.5 Å². The van der Waals surface area contributed by atoms with Crippen molar-refractivity contribution in [3.8, 4) is 0 Å². The second-order valence-corrected chi connectivity index (χ2v) is 9.72. The molecule has 4 aliphatic carbocycles. The molecule has 2 unspecified atom stereocenters. The zero-order valence-electron chi connectivity index (χ0n) is 15.7. The lowest BCUT2D eigenvalue weighted by Gasteiger charge is -2.59. The third-order valence-corrected chi connectivity index (χ3v) is 8.47. The fourth-order valence-corrected chi connectivity index (χ4v) is 7.11. The molecule has 3 saturated carbocycles. The number of rotatable bonds is 2. The smallest absolute Gasteiger partial charge is 0.208 e. The van der Waals surface area contributed by atoms with Crippen molar-refractivity contribution in [3.63, 3.8) is 0 Å². The van der Waals surface area contributed by atoms with E-state index in [1.807, 2.05) is 13.0 Å². The van der Waals surface area contributed by atoms with Crippen molar-refractivity contribution in [2.75, 3.05) is 0 Å². The maximum Gasteiger partial charge on any atom is 0.208 e. The van der Waals surface area contributed by atoms with E-state index in [2.05, 4.69) is 6.92 Å². The molecule has 0 spiro atoms. The van der Waals surface area contributed by atoms with Crippen LogP contribution in [-0.4, -0.2) is 44.2 Å². The monoisotopic (exact) mass is 394 g/mol. The maximum atomic E-state index is 12.5. The quantitative estimate of drug-likeness (QED) is 0.623. The molecular formula is C21H27ClO5. The number of allylic oxidation sites excluding steroid dienone is 4. The van der Waals surface area contributed by atoms with Crippen molar-refractivity contribution in [2.24, 2.45) is 28.6 Å². The SMILES string of the molecule is C[C@]12C=CC(=O)C=C1CC[C@@H]1[C@@H]2C(O)C[C@@]2(C)[C@H]1CC[C@]2(O)C(=O)C(O)Cl. The van der Waals surface area contributed by atoms with Gasteiger partial charge in [0.1, 0.15) is 5.60 Å². The highest BCUT2D eigenvalue weighted by atomic mass is 35.5. The second kappa shape index (κ2) is 5.99. The Morgan fingerprint density at radius 1 is 1.33 bits per heavy atom. The summed E-state index contributed by atoms with van der Waals surface area (Å²) in [6.45, 7) is 3.94.